The Hall–Kier alpha value is -3.30. The van der Waals surface area contributed by atoms with E-state index < -0.39 is 12.1 Å². The van der Waals surface area contributed by atoms with Crippen LogP contribution in [-0.2, 0) is 9.47 Å². The number of nitrogens with one attached hydrogen (secondary N) is 1. The number of methoxy groups -OCH3 is 1. The minimum absolute atomic E-state index is 0.0567. The number of rotatable bonds is 7. The molecular weight excluding hydrogens is 392 g/mol. The minimum Gasteiger partial charge on any atom is -0.481 e. The highest BCUT2D eigenvalue weighted by Crippen LogP contribution is 2.38. The van der Waals surface area contributed by atoms with Crippen LogP contribution in [0.25, 0.3) is 0 Å². The molecule has 3 heterocycles. The summed E-state index contributed by atoms with van der Waals surface area (Å²) < 4.78 is 20.7. The maximum absolute atomic E-state index is 12.4. The fourth-order valence-corrected chi connectivity index (χ4v) is 3.40. The van der Waals surface area contributed by atoms with Crippen LogP contribution in [-0.4, -0.2) is 54.9 Å². The Morgan fingerprint density at radius 1 is 1.27 bits per heavy atom. The monoisotopic (exact) mass is 418 g/mol. The van der Waals surface area contributed by atoms with Gasteiger partial charge < -0.3 is 23.9 Å². The molecule has 1 unspecified atom stereocenters. The first-order valence-corrected chi connectivity index (χ1v) is 9.86. The normalized spacial score (nSPS) is 16.4. The van der Waals surface area contributed by atoms with Crippen molar-refractivity contribution >= 4 is 23.8 Å². The van der Waals surface area contributed by atoms with Crippen molar-refractivity contribution in [2.75, 3.05) is 37.1 Å². The fourth-order valence-electron chi connectivity index (χ4n) is 3.40. The number of aromatic nitrogens is 2. The lowest BCUT2D eigenvalue weighted by Gasteiger charge is -2.35. The van der Waals surface area contributed by atoms with Gasteiger partial charge in [-0.2, -0.15) is 4.98 Å². The number of nitrogens with zero attached hydrogens (tertiary/aromatic N) is 3. The van der Waals surface area contributed by atoms with Gasteiger partial charge in [0.1, 0.15) is 6.26 Å². The first-order chi connectivity index (χ1) is 14.5. The Morgan fingerprint density at radius 3 is 2.73 bits per heavy atom. The second-order valence-electron chi connectivity index (χ2n) is 6.70. The summed E-state index contributed by atoms with van der Waals surface area (Å²) in [5, 5.41) is 3.18. The summed E-state index contributed by atoms with van der Waals surface area (Å²) in [5.74, 6) is -0.141. The zero-order valence-corrected chi connectivity index (χ0v) is 17.5. The topological polar surface area (TPSA) is 116 Å². The molecule has 0 saturated carbocycles. The molecule has 2 atom stereocenters. The molecule has 10 nitrogen and oxygen atoms in total. The Bertz CT molecular complexity index is 899. The second-order valence-corrected chi connectivity index (χ2v) is 6.70. The average Bonchev–Trinajstić information content (AvgIpc) is 3.21. The van der Waals surface area contributed by atoms with E-state index in [0.717, 1.165) is 0 Å². The molecule has 0 bridgehead atoms. The lowest BCUT2D eigenvalue weighted by molar-refractivity contribution is 0.0519. The number of carbonyl (C=O) groups excluding carboxylic acids is 2. The molecule has 162 valence electrons. The summed E-state index contributed by atoms with van der Waals surface area (Å²) >= 11 is 0. The van der Waals surface area contributed by atoms with E-state index in [1.807, 2.05) is 6.92 Å². The largest absolute Gasteiger partial charge is 0.481 e. The van der Waals surface area contributed by atoms with Crippen molar-refractivity contribution in [3.05, 3.63) is 29.8 Å². The lowest BCUT2D eigenvalue weighted by atomic mass is 9.88. The number of ether oxygens (including phenoxy) is 3. The van der Waals surface area contributed by atoms with E-state index >= 15 is 0 Å². The van der Waals surface area contributed by atoms with Gasteiger partial charge in [0.15, 0.2) is 5.69 Å². The lowest BCUT2D eigenvalue weighted by Crippen LogP contribution is -2.40. The van der Waals surface area contributed by atoms with Crippen LogP contribution in [0.4, 0.5) is 16.5 Å². The number of oxazole rings is 1. The third-order valence-corrected chi connectivity index (χ3v) is 4.82. The number of anilines is 2. The van der Waals surface area contributed by atoms with Gasteiger partial charge in [-0.05, 0) is 33.3 Å². The number of pyridine rings is 1. The average molecular weight is 418 g/mol. The van der Waals surface area contributed by atoms with Crippen molar-refractivity contribution in [3.8, 4) is 5.88 Å². The van der Waals surface area contributed by atoms with E-state index in [4.69, 9.17) is 18.6 Å². The first-order valence-electron chi connectivity index (χ1n) is 9.86. The van der Waals surface area contributed by atoms with Crippen LogP contribution in [0, 0.1) is 0 Å². The smallest absolute Gasteiger partial charge is 0.414 e. The highest BCUT2D eigenvalue weighted by Gasteiger charge is 2.34. The Kier molecular flexibility index (Phi) is 6.76. The number of hydrogen-bond donors (Lipinski definition) is 1. The van der Waals surface area contributed by atoms with Crippen molar-refractivity contribution in [2.45, 2.75) is 39.2 Å². The van der Waals surface area contributed by atoms with E-state index in [0.29, 0.717) is 36.8 Å². The van der Waals surface area contributed by atoms with E-state index in [1.54, 1.807) is 38.0 Å². The van der Waals surface area contributed by atoms with Gasteiger partial charge in [0.05, 0.1) is 31.7 Å². The molecule has 0 saturated heterocycles. The van der Waals surface area contributed by atoms with Crippen LogP contribution < -0.4 is 15.0 Å². The summed E-state index contributed by atoms with van der Waals surface area (Å²) in [5.41, 5.74) is 1.49. The molecule has 0 spiro atoms. The van der Waals surface area contributed by atoms with Crippen molar-refractivity contribution < 1.29 is 28.2 Å². The van der Waals surface area contributed by atoms with Crippen LogP contribution in [0.15, 0.2) is 22.8 Å². The molecular formula is C20H26N4O6. The molecule has 1 aliphatic rings. The molecule has 30 heavy (non-hydrogen) atoms. The Labute approximate surface area is 174 Å². The highest BCUT2D eigenvalue weighted by atomic mass is 16.6. The van der Waals surface area contributed by atoms with Crippen LogP contribution in [0.1, 0.15) is 49.3 Å². The highest BCUT2D eigenvalue weighted by molar-refractivity contribution is 5.89. The van der Waals surface area contributed by atoms with Crippen LogP contribution in [0.5, 0.6) is 5.88 Å². The van der Waals surface area contributed by atoms with Gasteiger partial charge in [0, 0.05) is 24.6 Å². The SMILES string of the molecule is CCOC(=O)c1coc(NC(C)[C@@H]2CCN(C(=O)OCC)c3ccc(OC)nc32)n1. The molecule has 10 heteroatoms. The van der Waals surface area contributed by atoms with Gasteiger partial charge in [-0.15, -0.1) is 0 Å². The fraction of sp³-hybridized carbons (Fsp3) is 0.500. The third-order valence-electron chi connectivity index (χ3n) is 4.82. The maximum Gasteiger partial charge on any atom is 0.414 e. The third kappa shape index (κ3) is 4.47. The van der Waals surface area contributed by atoms with E-state index in [9.17, 15) is 9.59 Å². The van der Waals surface area contributed by atoms with Gasteiger partial charge in [0.25, 0.3) is 6.01 Å². The molecule has 0 aromatic carbocycles. The van der Waals surface area contributed by atoms with Gasteiger partial charge >= 0.3 is 12.1 Å². The van der Waals surface area contributed by atoms with Gasteiger partial charge in [-0.3, -0.25) is 4.90 Å². The van der Waals surface area contributed by atoms with E-state index in [2.05, 4.69) is 15.3 Å². The molecule has 2 aromatic heterocycles. The van der Waals surface area contributed by atoms with Gasteiger partial charge in [-0.1, -0.05) is 0 Å². The summed E-state index contributed by atoms with van der Waals surface area (Å²) in [6.45, 7) is 6.49. The van der Waals surface area contributed by atoms with Crippen molar-refractivity contribution in [1.82, 2.24) is 9.97 Å². The maximum atomic E-state index is 12.4. The zero-order chi connectivity index (χ0) is 21.7. The molecule has 0 aliphatic carbocycles. The predicted octanol–water partition coefficient (Wildman–Crippen LogP) is 3.21. The molecule has 0 radical (unpaired) electrons. The van der Waals surface area contributed by atoms with Crippen LogP contribution >= 0.6 is 0 Å². The second kappa shape index (κ2) is 9.47. The Morgan fingerprint density at radius 2 is 2.03 bits per heavy atom. The number of carbonyl (C=O) groups is 2. The number of esters is 1. The summed E-state index contributed by atoms with van der Waals surface area (Å²) in [7, 11) is 1.54. The van der Waals surface area contributed by atoms with E-state index in [-0.39, 0.29) is 30.3 Å². The standard InChI is InChI=1S/C20H26N4O6/c1-5-28-18(25)14-11-30-19(22-14)21-12(3)13-9-10-24(20(26)29-6-2)15-7-8-16(27-4)23-17(13)15/h7-8,11-13H,5-6,9-10H2,1-4H3,(H,21,22)/t12?,13-/m0/s1. The molecule has 2 aromatic rings. The quantitative estimate of drug-likeness (QED) is 0.677. The predicted molar refractivity (Wildman–Crippen MR) is 108 cm³/mol. The summed E-state index contributed by atoms with van der Waals surface area (Å²) in [6.07, 6.45) is 1.49. The van der Waals surface area contributed by atoms with Crippen molar-refractivity contribution in [3.63, 3.8) is 0 Å². The summed E-state index contributed by atoms with van der Waals surface area (Å²) in [4.78, 5) is 34.5. The molecule has 3 rings (SSSR count). The Balaban J connectivity index is 1.82. The number of amides is 1. The van der Waals surface area contributed by atoms with Crippen molar-refractivity contribution in [1.29, 1.82) is 0 Å². The van der Waals surface area contributed by atoms with Crippen molar-refractivity contribution in [2.24, 2.45) is 0 Å². The summed E-state index contributed by atoms with van der Waals surface area (Å²) in [6, 6.07) is 3.58. The van der Waals surface area contributed by atoms with Gasteiger partial charge in [-0.25, -0.2) is 14.6 Å². The molecule has 0 fully saturated rings. The minimum atomic E-state index is -0.540. The van der Waals surface area contributed by atoms with Gasteiger partial charge in [0.2, 0.25) is 5.88 Å². The zero-order valence-electron chi connectivity index (χ0n) is 17.5. The number of fused-ring (bicyclic) bond motifs is 1. The molecule has 1 N–H and O–H groups in total. The van der Waals surface area contributed by atoms with Crippen LogP contribution in [0.3, 0.4) is 0 Å². The first kappa shape index (κ1) is 21.4. The van der Waals surface area contributed by atoms with E-state index in [1.165, 1.54) is 6.26 Å². The number of hydrogen-bond acceptors (Lipinski definition) is 9. The van der Waals surface area contributed by atoms with Crippen LogP contribution in [0.2, 0.25) is 0 Å². The molecule has 1 amide bonds. The molecule has 1 aliphatic heterocycles.